The van der Waals surface area contributed by atoms with Crippen LogP contribution in [0.5, 0.6) is 0 Å². The number of nitrogens with zero attached hydrogens (tertiary/aromatic N) is 1. The van der Waals surface area contributed by atoms with E-state index in [0.29, 0.717) is 6.54 Å². The van der Waals surface area contributed by atoms with E-state index >= 15 is 0 Å². The van der Waals surface area contributed by atoms with Gasteiger partial charge in [0.05, 0.1) is 5.60 Å². The van der Waals surface area contributed by atoms with Gasteiger partial charge in [0.25, 0.3) is 0 Å². The molecule has 0 unspecified atom stereocenters. The minimum Gasteiger partial charge on any atom is -0.389 e. The Labute approximate surface area is 87.5 Å². The molecule has 0 bridgehead atoms. The van der Waals surface area contributed by atoms with E-state index in [1.54, 1.807) is 0 Å². The van der Waals surface area contributed by atoms with Gasteiger partial charge in [0.2, 0.25) is 0 Å². The van der Waals surface area contributed by atoms with Crippen molar-refractivity contribution in [3.8, 4) is 0 Å². The van der Waals surface area contributed by atoms with E-state index in [1.807, 2.05) is 13.8 Å². The van der Waals surface area contributed by atoms with Gasteiger partial charge in [-0.3, -0.25) is 5.43 Å². The van der Waals surface area contributed by atoms with Crippen molar-refractivity contribution in [1.82, 2.24) is 10.4 Å². The summed E-state index contributed by atoms with van der Waals surface area (Å²) in [7, 11) is 0. The number of rotatable bonds is 5. The molecule has 0 aromatic heterocycles. The summed E-state index contributed by atoms with van der Waals surface area (Å²) in [5, 5.41) is 12.3. The number of hydrazine groups is 1. The van der Waals surface area contributed by atoms with Crippen LogP contribution in [0, 0.1) is 0 Å². The second-order valence-corrected chi connectivity index (χ2v) is 4.31. The SMILES string of the molecule is CCC(O)(CC)CNN1CCCCC1. The van der Waals surface area contributed by atoms with E-state index in [-0.39, 0.29) is 0 Å². The van der Waals surface area contributed by atoms with Gasteiger partial charge in [-0.25, -0.2) is 5.01 Å². The Bertz CT molecular complexity index is 151. The summed E-state index contributed by atoms with van der Waals surface area (Å²) in [6.45, 7) is 7.04. The summed E-state index contributed by atoms with van der Waals surface area (Å²) < 4.78 is 0. The normalized spacial score (nSPS) is 19.9. The molecule has 0 aromatic carbocycles. The van der Waals surface area contributed by atoms with Crippen molar-refractivity contribution in [3.05, 3.63) is 0 Å². The van der Waals surface area contributed by atoms with Crippen LogP contribution in [0.1, 0.15) is 46.0 Å². The monoisotopic (exact) mass is 200 g/mol. The lowest BCUT2D eigenvalue weighted by Crippen LogP contribution is -2.49. The molecule has 1 heterocycles. The van der Waals surface area contributed by atoms with Crippen LogP contribution in [0.2, 0.25) is 0 Å². The summed E-state index contributed by atoms with van der Waals surface area (Å²) in [5.74, 6) is 0. The molecule has 1 saturated heterocycles. The summed E-state index contributed by atoms with van der Waals surface area (Å²) in [6.07, 6.45) is 5.56. The van der Waals surface area contributed by atoms with E-state index in [2.05, 4.69) is 10.4 Å². The van der Waals surface area contributed by atoms with Crippen LogP contribution in [0.15, 0.2) is 0 Å². The van der Waals surface area contributed by atoms with E-state index in [9.17, 15) is 5.11 Å². The minimum atomic E-state index is -0.516. The summed E-state index contributed by atoms with van der Waals surface area (Å²) >= 11 is 0. The van der Waals surface area contributed by atoms with Gasteiger partial charge < -0.3 is 5.11 Å². The molecule has 1 fully saturated rings. The molecule has 3 heteroatoms. The molecule has 0 aromatic rings. The van der Waals surface area contributed by atoms with Crippen LogP contribution in [0.25, 0.3) is 0 Å². The van der Waals surface area contributed by atoms with Crippen molar-refractivity contribution in [2.75, 3.05) is 19.6 Å². The van der Waals surface area contributed by atoms with E-state index in [1.165, 1.54) is 19.3 Å². The summed E-state index contributed by atoms with van der Waals surface area (Å²) in [5.41, 5.74) is 2.83. The Balaban J connectivity index is 2.23. The number of hydrogen-bond acceptors (Lipinski definition) is 3. The Hall–Kier alpha value is -0.120. The fourth-order valence-electron chi connectivity index (χ4n) is 1.81. The van der Waals surface area contributed by atoms with Gasteiger partial charge in [0.15, 0.2) is 0 Å². The highest BCUT2D eigenvalue weighted by Crippen LogP contribution is 2.14. The van der Waals surface area contributed by atoms with Gasteiger partial charge >= 0.3 is 0 Å². The highest BCUT2D eigenvalue weighted by molar-refractivity contribution is 4.77. The zero-order valence-electron chi connectivity index (χ0n) is 9.55. The third-order valence-electron chi connectivity index (χ3n) is 3.30. The molecule has 0 amide bonds. The second-order valence-electron chi connectivity index (χ2n) is 4.31. The standard InChI is InChI=1S/C11H24N2O/c1-3-11(14,4-2)10-12-13-8-6-5-7-9-13/h12,14H,3-10H2,1-2H3. The molecule has 1 aliphatic rings. The first kappa shape index (κ1) is 12.0. The van der Waals surface area contributed by atoms with E-state index < -0.39 is 5.60 Å². The molecule has 14 heavy (non-hydrogen) atoms. The molecular weight excluding hydrogens is 176 g/mol. The fourth-order valence-corrected chi connectivity index (χ4v) is 1.81. The van der Waals surface area contributed by atoms with Gasteiger partial charge in [0, 0.05) is 19.6 Å². The highest BCUT2D eigenvalue weighted by Gasteiger charge is 2.23. The van der Waals surface area contributed by atoms with Gasteiger partial charge in [-0.1, -0.05) is 20.3 Å². The molecule has 2 N–H and O–H groups in total. The van der Waals surface area contributed by atoms with Crippen LogP contribution < -0.4 is 5.43 Å². The Morgan fingerprint density at radius 2 is 1.71 bits per heavy atom. The zero-order chi connectivity index (χ0) is 10.4. The topological polar surface area (TPSA) is 35.5 Å². The largest absolute Gasteiger partial charge is 0.389 e. The van der Waals surface area contributed by atoms with Crippen molar-refractivity contribution in [2.24, 2.45) is 0 Å². The molecule has 0 aliphatic carbocycles. The highest BCUT2D eigenvalue weighted by atomic mass is 16.3. The number of aliphatic hydroxyl groups is 1. The van der Waals surface area contributed by atoms with Gasteiger partial charge in [-0.2, -0.15) is 0 Å². The minimum absolute atomic E-state index is 0.516. The van der Waals surface area contributed by atoms with Crippen LogP contribution in [-0.4, -0.2) is 35.4 Å². The molecule has 0 saturated carbocycles. The van der Waals surface area contributed by atoms with E-state index in [0.717, 1.165) is 25.9 Å². The zero-order valence-corrected chi connectivity index (χ0v) is 9.55. The predicted molar refractivity (Wildman–Crippen MR) is 59.0 cm³/mol. The lowest BCUT2D eigenvalue weighted by atomic mass is 9.98. The predicted octanol–water partition coefficient (Wildman–Crippen LogP) is 1.53. The Morgan fingerprint density at radius 3 is 2.21 bits per heavy atom. The molecule has 0 atom stereocenters. The van der Waals surface area contributed by atoms with E-state index in [4.69, 9.17) is 0 Å². The van der Waals surface area contributed by atoms with Gasteiger partial charge in [-0.15, -0.1) is 0 Å². The van der Waals surface area contributed by atoms with Crippen molar-refractivity contribution >= 4 is 0 Å². The van der Waals surface area contributed by atoms with Crippen molar-refractivity contribution in [3.63, 3.8) is 0 Å². The maximum absolute atomic E-state index is 10.1. The summed E-state index contributed by atoms with van der Waals surface area (Å²) in [4.78, 5) is 0. The number of nitrogens with one attached hydrogen (secondary N) is 1. The number of piperidine rings is 1. The number of hydrogen-bond donors (Lipinski definition) is 2. The maximum atomic E-state index is 10.1. The van der Waals surface area contributed by atoms with Crippen LogP contribution in [0.4, 0.5) is 0 Å². The van der Waals surface area contributed by atoms with Crippen molar-refractivity contribution in [1.29, 1.82) is 0 Å². The third kappa shape index (κ3) is 3.56. The molecule has 0 radical (unpaired) electrons. The lowest BCUT2D eigenvalue weighted by molar-refractivity contribution is 0.00588. The molecule has 1 rings (SSSR count). The quantitative estimate of drug-likeness (QED) is 0.706. The lowest BCUT2D eigenvalue weighted by Gasteiger charge is -2.32. The smallest absolute Gasteiger partial charge is 0.0780 e. The first-order valence-corrected chi connectivity index (χ1v) is 5.91. The average Bonchev–Trinajstić information content (AvgIpc) is 2.27. The first-order valence-electron chi connectivity index (χ1n) is 5.91. The van der Waals surface area contributed by atoms with Crippen molar-refractivity contribution in [2.45, 2.75) is 51.6 Å². The average molecular weight is 200 g/mol. The molecular formula is C11H24N2O. The third-order valence-corrected chi connectivity index (χ3v) is 3.30. The molecule has 0 spiro atoms. The molecule has 3 nitrogen and oxygen atoms in total. The molecule has 84 valence electrons. The van der Waals surface area contributed by atoms with Gasteiger partial charge in [0.1, 0.15) is 0 Å². The Kier molecular flexibility index (Phi) is 4.85. The Morgan fingerprint density at radius 1 is 1.14 bits per heavy atom. The van der Waals surface area contributed by atoms with Crippen LogP contribution in [-0.2, 0) is 0 Å². The molecule has 1 aliphatic heterocycles. The van der Waals surface area contributed by atoms with Crippen molar-refractivity contribution < 1.29 is 5.11 Å². The van der Waals surface area contributed by atoms with Gasteiger partial charge in [-0.05, 0) is 25.7 Å². The van der Waals surface area contributed by atoms with Crippen LogP contribution >= 0.6 is 0 Å². The second kappa shape index (κ2) is 5.69. The first-order chi connectivity index (χ1) is 6.70. The maximum Gasteiger partial charge on any atom is 0.0780 e. The fraction of sp³-hybridized carbons (Fsp3) is 1.00. The van der Waals surface area contributed by atoms with Crippen LogP contribution in [0.3, 0.4) is 0 Å². The summed E-state index contributed by atoms with van der Waals surface area (Å²) in [6, 6.07) is 0.